The van der Waals surface area contributed by atoms with Crippen LogP contribution in [0, 0.1) is 81.7 Å². The van der Waals surface area contributed by atoms with Crippen molar-refractivity contribution >= 4 is 0 Å². The molecule has 0 aromatic carbocycles. The van der Waals surface area contributed by atoms with Gasteiger partial charge in [-0.15, -0.1) is 0 Å². The fourth-order valence-electron chi connectivity index (χ4n) is 0. The molecule has 0 rings (SSSR count). The zero-order valence-electron chi connectivity index (χ0n) is 1.58. The summed E-state index contributed by atoms with van der Waals surface area (Å²) in [4.78, 5) is 0. The van der Waals surface area contributed by atoms with Gasteiger partial charge < -0.3 is 0 Å². The van der Waals surface area contributed by atoms with Crippen LogP contribution in [-0.2, 0) is 19.3 Å². The van der Waals surface area contributed by atoms with Crippen LogP contribution in [0.1, 0.15) is 0 Å². The van der Waals surface area contributed by atoms with E-state index in [4.69, 9.17) is 3.90 Å². The van der Waals surface area contributed by atoms with Crippen LogP contribution in [0.15, 0.2) is 0 Å². The van der Waals surface area contributed by atoms with Crippen LogP contribution in [0.4, 0.5) is 0 Å². The summed E-state index contributed by atoms with van der Waals surface area (Å²) < 4.78 is 7.88. The maximum absolute atomic E-state index is 7.88. The van der Waals surface area contributed by atoms with Gasteiger partial charge in [0.25, 0.3) is 0 Å². The van der Waals surface area contributed by atoms with Gasteiger partial charge in [0.15, 0.2) is 0 Å². The van der Waals surface area contributed by atoms with Gasteiger partial charge in [-0.1, -0.05) is 0 Å². The van der Waals surface area contributed by atoms with Gasteiger partial charge in [0.1, 0.15) is 0 Å². The fourth-order valence-corrected chi connectivity index (χ4v) is 0. The Labute approximate surface area is 98.3 Å². The Morgan fingerprint density at radius 3 is 1.25 bits per heavy atom. The first-order valence-electron chi connectivity index (χ1n) is 0.129. The van der Waals surface area contributed by atoms with E-state index in [1.54, 1.807) is 0 Å². The van der Waals surface area contributed by atoms with Crippen molar-refractivity contribution in [2.24, 2.45) is 0 Å². The van der Waals surface area contributed by atoms with Gasteiger partial charge in [-0.05, 0) is 0 Å². The summed E-state index contributed by atoms with van der Waals surface area (Å²) in [6, 6.07) is 0. The summed E-state index contributed by atoms with van der Waals surface area (Å²) in [5, 5.41) is 0. The van der Waals surface area contributed by atoms with E-state index in [0.717, 1.165) is 0 Å². The molecule has 0 spiro atoms. The van der Waals surface area contributed by atoms with Crippen molar-refractivity contribution in [1.29, 1.82) is 0 Å². The Balaban J connectivity index is -0.00000000500. The van der Waals surface area contributed by atoms with Gasteiger partial charge in [-0.25, -0.2) is 0 Å². The molecule has 0 unspecified atom stereocenters. The molecule has 0 heterocycles. The molecule has 0 aliphatic heterocycles. The van der Waals surface area contributed by atoms with E-state index in [0.29, 0.717) is 0 Å². The van der Waals surface area contributed by atoms with Crippen molar-refractivity contribution in [2.45, 2.75) is 0 Å². The quantitative estimate of drug-likeness (QED) is 0.542. The zero-order valence-corrected chi connectivity index (χ0v) is 7.97. The molecule has 0 bridgehead atoms. The second-order valence-electron chi connectivity index (χ2n) is 0. The van der Waals surface area contributed by atoms with Crippen molar-refractivity contribution in [1.82, 2.24) is 0 Å². The third-order valence-electron chi connectivity index (χ3n) is 0. The molecule has 0 aliphatic rings. The molecule has 0 saturated heterocycles. The van der Waals surface area contributed by atoms with E-state index in [1.807, 2.05) is 0 Å². The van der Waals surface area contributed by atoms with Crippen molar-refractivity contribution in [3.8, 4) is 0 Å². The second-order valence-corrected chi connectivity index (χ2v) is 0. The number of hydrogen-bond acceptors (Lipinski definition) is 1. The molecule has 0 N–H and O–H groups in total. The average Bonchev–Trinajstić information content (AvgIpc) is 1.00. The first-order valence-corrected chi connectivity index (χ1v) is 0.532. The first kappa shape index (κ1) is 15.8. The van der Waals surface area contributed by atoms with Crippen LogP contribution in [0.5, 0.6) is 0 Å². The van der Waals surface area contributed by atoms with Crippen LogP contribution in [0.2, 0.25) is 0 Å². The summed E-state index contributed by atoms with van der Waals surface area (Å²) in [5.74, 6) is 0. The monoisotopic (exact) mass is 372 g/mol. The normalized spacial score (nSPS) is 1.50. The SMILES string of the molecule is [Ce].[Gd].[O]=[Ni]. The number of hydrogen-bond donors (Lipinski definition) is 0. The first-order chi connectivity index (χ1) is 1.00. The Morgan fingerprint density at radius 1 is 1.25 bits per heavy atom. The Bertz CT molecular complexity index is 8.00. The third-order valence-corrected chi connectivity index (χ3v) is 0. The van der Waals surface area contributed by atoms with Crippen LogP contribution in [-0.4, -0.2) is 0 Å². The van der Waals surface area contributed by atoms with Crippen LogP contribution in [0.25, 0.3) is 0 Å². The van der Waals surface area contributed by atoms with Crippen molar-refractivity contribution < 1.29 is 101 Å². The molecule has 0 atom stereocenters. The van der Waals surface area contributed by atoms with E-state index in [1.165, 1.54) is 0 Å². The van der Waals surface area contributed by atoms with Crippen LogP contribution in [0.3, 0.4) is 0 Å². The molecule has 0 radical (unpaired) electrons. The summed E-state index contributed by atoms with van der Waals surface area (Å²) in [7, 11) is 0. The standard InChI is InChI=1S/Ce.Gd.Ni.O. The fraction of sp³-hybridized carbons (Fsp3) is 0. The van der Waals surface area contributed by atoms with Crippen molar-refractivity contribution in [2.75, 3.05) is 0 Å². The molecule has 28 valence electrons. The molecule has 0 aromatic heterocycles. The molecule has 1 nitrogen and oxygen atoms in total. The topological polar surface area (TPSA) is 17.1 Å². The molecule has 0 aromatic rings. The predicted molar refractivity (Wildman–Crippen MR) is 0.686 cm³/mol. The molecule has 4 heavy (non-hydrogen) atoms. The molecular formula is CeGdNiO. The Hall–Kier alpha value is 2.99. The molecule has 0 amide bonds. The van der Waals surface area contributed by atoms with Gasteiger partial charge in [-0.2, -0.15) is 0 Å². The predicted octanol–water partition coefficient (Wildman–Crippen LogP) is -0.121. The molecule has 4 heteroatoms. The Kier molecular flexibility index (Phi) is 65.7. The van der Waals surface area contributed by atoms with Gasteiger partial charge in [-0.3, -0.25) is 0 Å². The van der Waals surface area contributed by atoms with Gasteiger partial charge in [0, 0.05) is 81.7 Å². The maximum atomic E-state index is 7.88. The summed E-state index contributed by atoms with van der Waals surface area (Å²) in [5.41, 5.74) is 0. The van der Waals surface area contributed by atoms with E-state index < -0.39 is 0 Å². The minimum atomic E-state index is 0. The summed E-state index contributed by atoms with van der Waals surface area (Å²) in [6.07, 6.45) is 0. The van der Waals surface area contributed by atoms with Crippen LogP contribution < -0.4 is 0 Å². The molecular weight excluding hydrogens is 372 g/mol. The van der Waals surface area contributed by atoms with Crippen molar-refractivity contribution in [3.05, 3.63) is 0 Å². The van der Waals surface area contributed by atoms with E-state index >= 15 is 0 Å². The van der Waals surface area contributed by atoms with E-state index in [9.17, 15) is 0 Å². The van der Waals surface area contributed by atoms with Gasteiger partial charge in [0.05, 0.1) is 0 Å². The second kappa shape index (κ2) is 16.7. The molecule has 0 saturated carbocycles. The molecule has 0 aliphatic carbocycles. The van der Waals surface area contributed by atoms with Gasteiger partial charge in [0.2, 0.25) is 0 Å². The van der Waals surface area contributed by atoms with E-state index in [2.05, 4.69) is 15.4 Å². The minimum absolute atomic E-state index is 0. The summed E-state index contributed by atoms with van der Waals surface area (Å²) in [6.45, 7) is 0. The van der Waals surface area contributed by atoms with Crippen molar-refractivity contribution in [3.63, 3.8) is 0 Å². The number of rotatable bonds is 0. The van der Waals surface area contributed by atoms with Gasteiger partial charge >= 0.3 is 19.3 Å². The average molecular weight is 372 g/mol. The molecule has 0 fully saturated rings. The summed E-state index contributed by atoms with van der Waals surface area (Å²) >= 11 is 2.62. The zero-order chi connectivity index (χ0) is 2.00. The third kappa shape index (κ3) is 8.89. The van der Waals surface area contributed by atoms with Crippen LogP contribution >= 0.6 is 0 Å². The van der Waals surface area contributed by atoms with E-state index in [-0.39, 0.29) is 81.7 Å². The Morgan fingerprint density at radius 2 is 1.25 bits per heavy atom.